The van der Waals surface area contributed by atoms with E-state index in [4.69, 9.17) is 9.40 Å². The molecule has 4 rings (SSSR count). The molecule has 0 N–H and O–H groups in total. The third-order valence-electron chi connectivity index (χ3n) is 3.65. The number of nitrogens with zero attached hydrogens (tertiary/aromatic N) is 5. The van der Waals surface area contributed by atoms with Gasteiger partial charge in [-0.2, -0.15) is 0 Å². The fourth-order valence-corrected chi connectivity index (χ4v) is 3.11. The molecule has 2 aromatic carbocycles. The van der Waals surface area contributed by atoms with Crippen LogP contribution in [0.2, 0.25) is 0 Å². The molecule has 26 heavy (non-hydrogen) atoms. The van der Waals surface area contributed by atoms with E-state index < -0.39 is 0 Å². The summed E-state index contributed by atoms with van der Waals surface area (Å²) in [5.41, 5.74) is 3.54. The smallest absolute Gasteiger partial charge is 0.226 e. The first-order valence-corrected chi connectivity index (χ1v) is 9.05. The van der Waals surface area contributed by atoms with Gasteiger partial charge in [-0.3, -0.25) is 0 Å². The van der Waals surface area contributed by atoms with Crippen LogP contribution in [0.1, 0.15) is 11.8 Å². The Balaban J connectivity index is 1.69. The first-order chi connectivity index (χ1) is 12.8. The van der Waals surface area contributed by atoms with Gasteiger partial charge >= 0.3 is 0 Å². The zero-order chi connectivity index (χ0) is 17.8. The zero-order valence-corrected chi connectivity index (χ0v) is 14.8. The molecule has 4 aromatic rings. The summed E-state index contributed by atoms with van der Waals surface area (Å²) >= 11 is 1.42. The van der Waals surface area contributed by atoms with Crippen molar-refractivity contribution in [3.8, 4) is 22.5 Å². The molecule has 128 valence electrons. The van der Waals surface area contributed by atoms with Crippen LogP contribution in [-0.4, -0.2) is 25.4 Å². The minimum absolute atomic E-state index is 0.501. The van der Waals surface area contributed by atoms with Crippen molar-refractivity contribution in [2.75, 3.05) is 0 Å². The highest BCUT2D eigenvalue weighted by molar-refractivity contribution is 7.98. The number of hydrogen-bond donors (Lipinski definition) is 0. The van der Waals surface area contributed by atoms with Crippen LogP contribution in [0.15, 0.2) is 70.2 Å². The molecule has 0 saturated carbocycles. The van der Waals surface area contributed by atoms with Crippen molar-refractivity contribution in [3.05, 3.63) is 72.4 Å². The van der Waals surface area contributed by atoms with Gasteiger partial charge in [0, 0.05) is 18.1 Å². The van der Waals surface area contributed by atoms with Crippen molar-refractivity contribution in [2.45, 2.75) is 17.8 Å². The molecule has 0 unspecified atom stereocenters. The second-order valence-electron chi connectivity index (χ2n) is 5.53. The maximum absolute atomic E-state index is 5.39. The standard InChI is InChI=1S/C19H15N5OS/c1-13-21-22-16(25-13)12-26-19-20-17(14-8-4-2-5-9-14)18(23-24-19)15-10-6-3-7-11-15/h2-11H,12H2,1H3. The topological polar surface area (TPSA) is 77.6 Å². The van der Waals surface area contributed by atoms with Crippen molar-refractivity contribution in [2.24, 2.45) is 0 Å². The molecule has 0 amide bonds. The molecule has 0 radical (unpaired) electrons. The lowest BCUT2D eigenvalue weighted by atomic mass is 10.0. The quantitative estimate of drug-likeness (QED) is 0.493. The average molecular weight is 361 g/mol. The van der Waals surface area contributed by atoms with Crippen LogP contribution in [0, 0.1) is 6.92 Å². The van der Waals surface area contributed by atoms with Gasteiger partial charge in [0.2, 0.25) is 16.9 Å². The molecular weight excluding hydrogens is 346 g/mol. The summed E-state index contributed by atoms with van der Waals surface area (Å²) in [6.07, 6.45) is 0. The molecule has 0 aliphatic heterocycles. The summed E-state index contributed by atoms with van der Waals surface area (Å²) in [7, 11) is 0. The van der Waals surface area contributed by atoms with Crippen LogP contribution in [0.3, 0.4) is 0 Å². The summed E-state index contributed by atoms with van der Waals surface area (Å²) in [6, 6.07) is 19.9. The molecule has 0 saturated heterocycles. The number of benzene rings is 2. The Morgan fingerprint density at radius 2 is 1.42 bits per heavy atom. The van der Waals surface area contributed by atoms with E-state index in [1.165, 1.54) is 11.8 Å². The molecule has 2 aromatic heterocycles. The van der Waals surface area contributed by atoms with E-state index in [9.17, 15) is 0 Å². The third kappa shape index (κ3) is 3.62. The molecular formula is C19H15N5OS. The summed E-state index contributed by atoms with van der Waals surface area (Å²) in [5, 5.41) is 17.1. The lowest BCUT2D eigenvalue weighted by Crippen LogP contribution is -1.99. The predicted octanol–water partition coefficient (Wildman–Crippen LogP) is 4.19. The normalized spacial score (nSPS) is 10.8. The largest absolute Gasteiger partial charge is 0.425 e. The lowest BCUT2D eigenvalue weighted by molar-refractivity contribution is 0.485. The number of aromatic nitrogens is 5. The van der Waals surface area contributed by atoms with E-state index in [2.05, 4.69) is 20.4 Å². The van der Waals surface area contributed by atoms with Crippen molar-refractivity contribution in [1.82, 2.24) is 25.4 Å². The number of hydrogen-bond acceptors (Lipinski definition) is 7. The maximum atomic E-state index is 5.39. The van der Waals surface area contributed by atoms with Crippen LogP contribution in [0.4, 0.5) is 0 Å². The first kappa shape index (κ1) is 16.4. The summed E-state index contributed by atoms with van der Waals surface area (Å²) in [6.45, 7) is 1.77. The van der Waals surface area contributed by atoms with Crippen molar-refractivity contribution in [1.29, 1.82) is 0 Å². The monoisotopic (exact) mass is 361 g/mol. The van der Waals surface area contributed by atoms with E-state index in [0.29, 0.717) is 22.7 Å². The van der Waals surface area contributed by atoms with Crippen LogP contribution in [0.5, 0.6) is 0 Å². The Morgan fingerprint density at radius 1 is 0.769 bits per heavy atom. The van der Waals surface area contributed by atoms with E-state index in [1.54, 1.807) is 6.92 Å². The highest BCUT2D eigenvalue weighted by Gasteiger charge is 2.14. The van der Waals surface area contributed by atoms with E-state index in [0.717, 1.165) is 22.5 Å². The number of thioether (sulfide) groups is 1. The molecule has 2 heterocycles. The molecule has 0 fully saturated rings. The van der Waals surface area contributed by atoms with Gasteiger partial charge in [0.25, 0.3) is 0 Å². The van der Waals surface area contributed by atoms with Gasteiger partial charge in [0.05, 0.1) is 5.75 Å². The van der Waals surface area contributed by atoms with E-state index >= 15 is 0 Å². The highest BCUT2D eigenvalue weighted by atomic mass is 32.2. The summed E-state index contributed by atoms with van der Waals surface area (Å²) in [5.74, 6) is 1.59. The molecule has 0 aliphatic carbocycles. The molecule has 7 heteroatoms. The lowest BCUT2D eigenvalue weighted by Gasteiger charge is -2.09. The van der Waals surface area contributed by atoms with Crippen molar-refractivity contribution in [3.63, 3.8) is 0 Å². The van der Waals surface area contributed by atoms with E-state index in [1.807, 2.05) is 60.7 Å². The van der Waals surface area contributed by atoms with Crippen LogP contribution in [0.25, 0.3) is 22.5 Å². The SMILES string of the molecule is Cc1nnc(CSc2nnc(-c3ccccc3)c(-c3ccccc3)n2)o1. The van der Waals surface area contributed by atoms with Gasteiger partial charge < -0.3 is 4.42 Å². The van der Waals surface area contributed by atoms with Gasteiger partial charge in [0.15, 0.2) is 0 Å². The molecule has 0 atom stereocenters. The van der Waals surface area contributed by atoms with Gasteiger partial charge in [0.1, 0.15) is 11.4 Å². The first-order valence-electron chi connectivity index (χ1n) is 8.07. The third-order valence-corrected chi connectivity index (χ3v) is 4.48. The maximum Gasteiger partial charge on any atom is 0.226 e. The average Bonchev–Trinajstić information content (AvgIpc) is 3.13. The molecule has 6 nitrogen and oxygen atoms in total. The van der Waals surface area contributed by atoms with Crippen LogP contribution in [-0.2, 0) is 5.75 Å². The summed E-state index contributed by atoms with van der Waals surface area (Å²) < 4.78 is 5.39. The number of rotatable bonds is 5. The fourth-order valence-electron chi connectivity index (χ4n) is 2.48. The van der Waals surface area contributed by atoms with Gasteiger partial charge in [-0.25, -0.2) is 4.98 Å². The number of aryl methyl sites for hydroxylation is 1. The summed E-state index contributed by atoms with van der Waals surface area (Å²) in [4.78, 5) is 4.74. The Hall–Kier alpha value is -3.06. The van der Waals surface area contributed by atoms with Crippen LogP contribution >= 0.6 is 11.8 Å². The highest BCUT2D eigenvalue weighted by Crippen LogP contribution is 2.30. The second-order valence-corrected chi connectivity index (χ2v) is 6.47. The Bertz CT molecular complexity index is 1000. The Kier molecular flexibility index (Phi) is 4.70. The molecule has 0 aliphatic rings. The van der Waals surface area contributed by atoms with Crippen LogP contribution < -0.4 is 0 Å². The Labute approximate surface area is 154 Å². The van der Waals surface area contributed by atoms with Gasteiger partial charge in [-0.1, -0.05) is 72.4 Å². The Morgan fingerprint density at radius 3 is 2.04 bits per heavy atom. The fraction of sp³-hybridized carbons (Fsp3) is 0.105. The predicted molar refractivity (Wildman–Crippen MR) is 99.3 cm³/mol. The van der Waals surface area contributed by atoms with Crippen molar-refractivity contribution < 1.29 is 4.42 Å². The minimum atomic E-state index is 0.501. The van der Waals surface area contributed by atoms with Gasteiger partial charge in [-0.05, 0) is 0 Å². The molecule has 0 bridgehead atoms. The zero-order valence-electron chi connectivity index (χ0n) is 14.0. The molecule has 0 spiro atoms. The van der Waals surface area contributed by atoms with E-state index in [-0.39, 0.29) is 0 Å². The van der Waals surface area contributed by atoms with Crippen molar-refractivity contribution >= 4 is 11.8 Å². The minimum Gasteiger partial charge on any atom is -0.425 e. The second kappa shape index (κ2) is 7.45. The van der Waals surface area contributed by atoms with Gasteiger partial charge in [-0.15, -0.1) is 20.4 Å².